The van der Waals surface area contributed by atoms with Crippen LogP contribution < -0.4 is 15.2 Å². The molecule has 0 amide bonds. The fourth-order valence-electron chi connectivity index (χ4n) is 1.71. The van der Waals surface area contributed by atoms with Gasteiger partial charge in [-0.2, -0.15) is 0 Å². The van der Waals surface area contributed by atoms with Crippen LogP contribution in [0.5, 0.6) is 11.5 Å². The molecular formula is C12H14N2O2. The Labute approximate surface area is 94.0 Å². The van der Waals surface area contributed by atoms with E-state index in [2.05, 4.69) is 4.98 Å². The molecule has 0 aliphatic carbocycles. The average Bonchev–Trinajstić information content (AvgIpc) is 2.36. The van der Waals surface area contributed by atoms with Gasteiger partial charge < -0.3 is 15.2 Å². The lowest BCUT2D eigenvalue weighted by Gasteiger charge is -2.10. The van der Waals surface area contributed by atoms with E-state index in [1.807, 2.05) is 18.2 Å². The number of aromatic nitrogens is 1. The first-order valence-electron chi connectivity index (χ1n) is 5.00. The van der Waals surface area contributed by atoms with E-state index < -0.39 is 0 Å². The second-order valence-electron chi connectivity index (χ2n) is 3.40. The predicted molar refractivity (Wildman–Crippen MR) is 62.7 cm³/mol. The minimum absolute atomic E-state index is 0.481. The Morgan fingerprint density at radius 1 is 1.19 bits per heavy atom. The van der Waals surface area contributed by atoms with Crippen LogP contribution in [-0.2, 0) is 6.54 Å². The quantitative estimate of drug-likeness (QED) is 0.852. The number of methoxy groups -OCH3 is 2. The topological polar surface area (TPSA) is 57.4 Å². The van der Waals surface area contributed by atoms with E-state index >= 15 is 0 Å². The van der Waals surface area contributed by atoms with Crippen molar-refractivity contribution in [3.05, 3.63) is 30.0 Å². The molecule has 1 aromatic heterocycles. The van der Waals surface area contributed by atoms with E-state index in [1.165, 1.54) is 0 Å². The Balaban J connectivity index is 2.72. The highest BCUT2D eigenvalue weighted by atomic mass is 16.5. The van der Waals surface area contributed by atoms with E-state index in [0.29, 0.717) is 18.0 Å². The van der Waals surface area contributed by atoms with Crippen molar-refractivity contribution in [3.63, 3.8) is 0 Å². The van der Waals surface area contributed by atoms with Crippen molar-refractivity contribution in [1.29, 1.82) is 0 Å². The summed E-state index contributed by atoms with van der Waals surface area (Å²) in [6, 6.07) is 5.67. The fourth-order valence-corrected chi connectivity index (χ4v) is 1.71. The lowest BCUT2D eigenvalue weighted by molar-refractivity contribution is 0.356. The number of nitrogens with two attached hydrogens (primary N) is 1. The largest absolute Gasteiger partial charge is 0.493 e. The molecule has 0 aliphatic heterocycles. The molecule has 1 aromatic carbocycles. The molecule has 4 nitrogen and oxygen atoms in total. The maximum atomic E-state index is 5.68. The van der Waals surface area contributed by atoms with Crippen molar-refractivity contribution >= 4 is 10.9 Å². The lowest BCUT2D eigenvalue weighted by Crippen LogP contribution is -1.99. The Morgan fingerprint density at radius 3 is 2.50 bits per heavy atom. The molecule has 84 valence electrons. The molecule has 2 aromatic rings. The van der Waals surface area contributed by atoms with Crippen LogP contribution in [0.3, 0.4) is 0 Å². The number of rotatable bonds is 3. The molecule has 0 bridgehead atoms. The second kappa shape index (κ2) is 4.37. The van der Waals surface area contributed by atoms with Crippen molar-refractivity contribution in [1.82, 2.24) is 4.98 Å². The molecule has 1 heterocycles. The molecule has 0 saturated carbocycles. The van der Waals surface area contributed by atoms with Gasteiger partial charge in [0.2, 0.25) is 0 Å². The summed E-state index contributed by atoms with van der Waals surface area (Å²) in [4.78, 5) is 4.28. The standard InChI is InChI=1S/C12H14N2O2/c1-15-11-5-9-8(7-13)3-4-14-10(9)6-12(11)16-2/h3-6H,7,13H2,1-2H3. The Kier molecular flexibility index (Phi) is 2.92. The van der Waals surface area contributed by atoms with Gasteiger partial charge in [0.25, 0.3) is 0 Å². The number of hydrogen-bond acceptors (Lipinski definition) is 4. The number of ether oxygens (including phenoxy) is 2. The third-order valence-corrected chi connectivity index (χ3v) is 2.56. The van der Waals surface area contributed by atoms with E-state index in [4.69, 9.17) is 15.2 Å². The predicted octanol–water partition coefficient (Wildman–Crippen LogP) is 1.71. The molecule has 0 atom stereocenters. The average molecular weight is 218 g/mol. The molecule has 16 heavy (non-hydrogen) atoms. The number of pyridine rings is 1. The summed E-state index contributed by atoms with van der Waals surface area (Å²) in [6.07, 6.45) is 1.75. The van der Waals surface area contributed by atoms with Crippen molar-refractivity contribution in [2.75, 3.05) is 14.2 Å². The van der Waals surface area contributed by atoms with E-state index in [-0.39, 0.29) is 0 Å². The van der Waals surface area contributed by atoms with Gasteiger partial charge in [-0.1, -0.05) is 0 Å². The summed E-state index contributed by atoms with van der Waals surface area (Å²) in [6.45, 7) is 0.481. The summed E-state index contributed by atoms with van der Waals surface area (Å²) in [5.41, 5.74) is 7.59. The lowest BCUT2D eigenvalue weighted by atomic mass is 10.1. The first kappa shape index (κ1) is 10.7. The van der Waals surface area contributed by atoms with Crippen molar-refractivity contribution in [3.8, 4) is 11.5 Å². The highest BCUT2D eigenvalue weighted by molar-refractivity contribution is 5.85. The molecule has 0 spiro atoms. The highest BCUT2D eigenvalue weighted by Gasteiger charge is 2.08. The number of benzene rings is 1. The molecule has 0 saturated heterocycles. The highest BCUT2D eigenvalue weighted by Crippen LogP contribution is 2.32. The number of fused-ring (bicyclic) bond motifs is 1. The van der Waals surface area contributed by atoms with Crippen molar-refractivity contribution in [2.45, 2.75) is 6.54 Å². The SMILES string of the molecule is COc1cc2nccc(CN)c2cc1OC. The zero-order chi connectivity index (χ0) is 11.5. The van der Waals surface area contributed by atoms with Crippen molar-refractivity contribution in [2.24, 2.45) is 5.73 Å². The summed E-state index contributed by atoms with van der Waals surface area (Å²) >= 11 is 0. The van der Waals surface area contributed by atoms with E-state index in [1.54, 1.807) is 20.4 Å². The van der Waals surface area contributed by atoms with Gasteiger partial charge in [-0.3, -0.25) is 4.98 Å². The zero-order valence-electron chi connectivity index (χ0n) is 9.36. The van der Waals surface area contributed by atoms with Crippen molar-refractivity contribution < 1.29 is 9.47 Å². The van der Waals surface area contributed by atoms with Gasteiger partial charge in [0.1, 0.15) is 0 Å². The summed E-state index contributed by atoms with van der Waals surface area (Å²) in [5, 5.41) is 1.00. The molecule has 0 unspecified atom stereocenters. The van der Waals surface area contributed by atoms with Crippen LogP contribution in [0.4, 0.5) is 0 Å². The Hall–Kier alpha value is -1.81. The number of nitrogens with zero attached hydrogens (tertiary/aromatic N) is 1. The monoisotopic (exact) mass is 218 g/mol. The first-order chi connectivity index (χ1) is 7.80. The minimum atomic E-state index is 0.481. The van der Waals surface area contributed by atoms with Gasteiger partial charge in [0.15, 0.2) is 11.5 Å². The van der Waals surface area contributed by atoms with Crippen LogP contribution in [-0.4, -0.2) is 19.2 Å². The summed E-state index contributed by atoms with van der Waals surface area (Å²) in [7, 11) is 3.22. The molecule has 2 rings (SSSR count). The van der Waals surface area contributed by atoms with Gasteiger partial charge >= 0.3 is 0 Å². The van der Waals surface area contributed by atoms with Crippen LogP contribution in [0.25, 0.3) is 10.9 Å². The Bertz CT molecular complexity index is 512. The summed E-state index contributed by atoms with van der Waals surface area (Å²) < 4.78 is 10.5. The molecule has 0 radical (unpaired) electrons. The third-order valence-electron chi connectivity index (χ3n) is 2.56. The minimum Gasteiger partial charge on any atom is -0.493 e. The van der Waals surface area contributed by atoms with Gasteiger partial charge in [-0.15, -0.1) is 0 Å². The van der Waals surface area contributed by atoms with Crippen LogP contribution in [0.2, 0.25) is 0 Å². The maximum Gasteiger partial charge on any atom is 0.162 e. The van der Waals surface area contributed by atoms with E-state index in [0.717, 1.165) is 16.5 Å². The van der Waals surface area contributed by atoms with E-state index in [9.17, 15) is 0 Å². The normalized spacial score (nSPS) is 10.4. The van der Waals surface area contributed by atoms with Crippen LogP contribution in [0, 0.1) is 0 Å². The molecular weight excluding hydrogens is 204 g/mol. The molecule has 0 fully saturated rings. The van der Waals surface area contributed by atoms with Crippen LogP contribution >= 0.6 is 0 Å². The smallest absolute Gasteiger partial charge is 0.162 e. The number of hydrogen-bond donors (Lipinski definition) is 1. The molecule has 0 aliphatic rings. The molecule has 4 heteroatoms. The Morgan fingerprint density at radius 2 is 1.88 bits per heavy atom. The second-order valence-corrected chi connectivity index (χ2v) is 3.40. The fraction of sp³-hybridized carbons (Fsp3) is 0.250. The zero-order valence-corrected chi connectivity index (χ0v) is 9.36. The first-order valence-corrected chi connectivity index (χ1v) is 5.00. The van der Waals surface area contributed by atoms with Crippen LogP contribution in [0.1, 0.15) is 5.56 Å². The van der Waals surface area contributed by atoms with Gasteiger partial charge in [-0.05, 0) is 17.7 Å². The van der Waals surface area contributed by atoms with Gasteiger partial charge in [-0.25, -0.2) is 0 Å². The molecule has 2 N–H and O–H groups in total. The third kappa shape index (κ3) is 1.67. The van der Waals surface area contributed by atoms with Gasteiger partial charge in [0.05, 0.1) is 19.7 Å². The maximum absolute atomic E-state index is 5.68. The summed E-state index contributed by atoms with van der Waals surface area (Å²) in [5.74, 6) is 1.37. The van der Waals surface area contributed by atoms with Gasteiger partial charge in [0, 0.05) is 24.2 Å². The van der Waals surface area contributed by atoms with Crippen LogP contribution in [0.15, 0.2) is 24.4 Å².